The first-order chi connectivity index (χ1) is 8.42. The predicted octanol–water partition coefficient (Wildman–Crippen LogP) is -1.01. The first-order valence-corrected chi connectivity index (χ1v) is 6.45. The Labute approximate surface area is 104 Å². The van der Waals surface area contributed by atoms with Crippen LogP contribution in [0.5, 0.6) is 0 Å². The zero-order valence-electron chi connectivity index (χ0n) is 9.28. The summed E-state index contributed by atoms with van der Waals surface area (Å²) in [5.41, 5.74) is 0. The molecule has 1 amide bonds. The van der Waals surface area contributed by atoms with Crippen molar-refractivity contribution in [1.29, 1.82) is 0 Å². The van der Waals surface area contributed by atoms with Crippen molar-refractivity contribution in [2.45, 2.75) is 11.1 Å². The molecular weight excluding hydrogens is 262 g/mol. The third kappa shape index (κ3) is 4.65. The molecule has 0 radical (unpaired) electrons. The summed E-state index contributed by atoms with van der Waals surface area (Å²) in [6.45, 7) is -0.570. The van der Waals surface area contributed by atoms with E-state index in [-0.39, 0.29) is 18.1 Å². The Bertz CT molecular complexity index is 490. The van der Waals surface area contributed by atoms with Crippen molar-refractivity contribution in [2.24, 2.45) is 0 Å². The number of aliphatic hydroxyl groups excluding tert-OH is 1. The average molecular weight is 275 g/mol. The van der Waals surface area contributed by atoms with E-state index in [1.165, 1.54) is 18.3 Å². The fraction of sp³-hybridized carbons (Fsp3) is 0.333. The van der Waals surface area contributed by atoms with Crippen LogP contribution < -0.4 is 10.0 Å². The van der Waals surface area contributed by atoms with Gasteiger partial charge in [-0.2, -0.15) is 0 Å². The van der Waals surface area contributed by atoms with E-state index in [0.717, 1.165) is 0 Å². The van der Waals surface area contributed by atoms with Crippen molar-refractivity contribution in [3.63, 3.8) is 0 Å². The second kappa shape index (κ2) is 6.28. The van der Waals surface area contributed by atoms with Gasteiger partial charge in [-0.3, -0.25) is 0 Å². The van der Waals surface area contributed by atoms with Gasteiger partial charge < -0.3 is 15.5 Å². The summed E-state index contributed by atoms with van der Waals surface area (Å²) in [6, 6.07) is 4.40. The molecule has 0 aliphatic rings. The lowest BCUT2D eigenvalue weighted by atomic mass is 10.4. The molecule has 0 saturated carbocycles. The van der Waals surface area contributed by atoms with Gasteiger partial charge in [0.05, 0.1) is 6.10 Å². The molecule has 0 aromatic carbocycles. The lowest BCUT2D eigenvalue weighted by molar-refractivity contribution is 0.159. The van der Waals surface area contributed by atoms with Gasteiger partial charge in [0.15, 0.2) is 5.03 Å². The lowest BCUT2D eigenvalue weighted by Crippen LogP contribution is -2.39. The van der Waals surface area contributed by atoms with E-state index in [4.69, 9.17) is 5.11 Å². The van der Waals surface area contributed by atoms with Crippen LogP contribution in [-0.2, 0) is 10.0 Å². The maximum Gasteiger partial charge on any atom is 0.404 e. The van der Waals surface area contributed by atoms with E-state index in [2.05, 4.69) is 9.71 Å². The van der Waals surface area contributed by atoms with Crippen molar-refractivity contribution >= 4 is 16.1 Å². The standard InChI is InChI=1S/C9H13N3O5S/c13-7(5-11-9(14)15)6-12-18(16,17)8-3-1-2-4-10-8/h1-4,7,11-13H,5-6H2,(H,14,15)/t7-/m1/s1. The minimum absolute atomic E-state index is 0.164. The van der Waals surface area contributed by atoms with Gasteiger partial charge >= 0.3 is 6.09 Å². The number of carbonyl (C=O) groups is 1. The quantitative estimate of drug-likeness (QED) is 0.526. The maximum atomic E-state index is 11.7. The molecule has 0 saturated heterocycles. The molecule has 18 heavy (non-hydrogen) atoms. The molecule has 1 aromatic rings. The molecule has 0 spiro atoms. The Balaban J connectivity index is 2.50. The topological polar surface area (TPSA) is 129 Å². The van der Waals surface area contributed by atoms with Gasteiger partial charge in [-0.1, -0.05) is 6.07 Å². The van der Waals surface area contributed by atoms with Gasteiger partial charge in [0, 0.05) is 19.3 Å². The first kappa shape index (κ1) is 14.4. The fourth-order valence-corrected chi connectivity index (χ4v) is 2.08. The highest BCUT2D eigenvalue weighted by Crippen LogP contribution is 2.02. The van der Waals surface area contributed by atoms with E-state index < -0.39 is 22.2 Å². The van der Waals surface area contributed by atoms with E-state index in [1.54, 1.807) is 6.07 Å². The number of carboxylic acid groups (broad SMARTS) is 1. The highest BCUT2D eigenvalue weighted by molar-refractivity contribution is 7.89. The van der Waals surface area contributed by atoms with Gasteiger partial charge in [-0.25, -0.2) is 22.9 Å². The Hall–Kier alpha value is -1.71. The third-order valence-electron chi connectivity index (χ3n) is 1.91. The third-order valence-corrected chi connectivity index (χ3v) is 3.25. The number of hydrogen-bond donors (Lipinski definition) is 4. The number of rotatable bonds is 6. The highest BCUT2D eigenvalue weighted by Gasteiger charge is 2.16. The minimum atomic E-state index is -3.79. The average Bonchev–Trinajstić information content (AvgIpc) is 2.35. The summed E-state index contributed by atoms with van der Waals surface area (Å²) in [7, 11) is -3.79. The SMILES string of the molecule is O=C(O)NC[C@@H](O)CNS(=O)(=O)c1ccccn1. The molecule has 0 bridgehead atoms. The zero-order chi connectivity index (χ0) is 13.6. The summed E-state index contributed by atoms with van der Waals surface area (Å²) in [5.74, 6) is 0. The Morgan fingerprint density at radius 3 is 2.67 bits per heavy atom. The number of nitrogens with zero attached hydrogens (tertiary/aromatic N) is 1. The molecule has 1 heterocycles. The molecule has 9 heteroatoms. The van der Waals surface area contributed by atoms with Crippen LogP contribution in [0.2, 0.25) is 0 Å². The predicted molar refractivity (Wildman–Crippen MR) is 61.5 cm³/mol. The Morgan fingerprint density at radius 2 is 2.11 bits per heavy atom. The van der Waals surface area contributed by atoms with Crippen molar-refractivity contribution in [1.82, 2.24) is 15.0 Å². The van der Waals surface area contributed by atoms with Gasteiger partial charge in [0.2, 0.25) is 0 Å². The molecule has 0 fully saturated rings. The molecular formula is C9H13N3O5S. The number of amides is 1. The number of hydrogen-bond acceptors (Lipinski definition) is 5. The van der Waals surface area contributed by atoms with Crippen LogP contribution in [-0.4, -0.2) is 48.9 Å². The Kier molecular flexibility index (Phi) is 5.01. The molecule has 8 nitrogen and oxygen atoms in total. The van der Waals surface area contributed by atoms with Gasteiger partial charge in [-0.05, 0) is 12.1 Å². The molecule has 0 aliphatic carbocycles. The van der Waals surface area contributed by atoms with Crippen molar-refractivity contribution in [3.05, 3.63) is 24.4 Å². The van der Waals surface area contributed by atoms with E-state index in [9.17, 15) is 18.3 Å². The largest absolute Gasteiger partial charge is 0.465 e. The van der Waals surface area contributed by atoms with Crippen LogP contribution >= 0.6 is 0 Å². The first-order valence-electron chi connectivity index (χ1n) is 4.97. The fourth-order valence-electron chi connectivity index (χ4n) is 1.06. The zero-order valence-corrected chi connectivity index (χ0v) is 10.1. The van der Waals surface area contributed by atoms with E-state index in [1.807, 2.05) is 5.32 Å². The van der Waals surface area contributed by atoms with E-state index >= 15 is 0 Å². The number of nitrogens with one attached hydrogen (secondary N) is 2. The monoisotopic (exact) mass is 275 g/mol. The highest BCUT2D eigenvalue weighted by atomic mass is 32.2. The summed E-state index contributed by atoms with van der Waals surface area (Å²) in [5, 5.41) is 19.4. The summed E-state index contributed by atoms with van der Waals surface area (Å²) in [4.78, 5) is 13.8. The van der Waals surface area contributed by atoms with Crippen LogP contribution in [0.1, 0.15) is 0 Å². The second-order valence-electron chi connectivity index (χ2n) is 3.36. The van der Waals surface area contributed by atoms with Gasteiger partial charge in [0.1, 0.15) is 0 Å². The smallest absolute Gasteiger partial charge is 0.404 e. The molecule has 1 aromatic heterocycles. The van der Waals surface area contributed by atoms with E-state index in [0.29, 0.717) is 0 Å². The van der Waals surface area contributed by atoms with Crippen LogP contribution in [0.15, 0.2) is 29.4 Å². The van der Waals surface area contributed by atoms with Crippen LogP contribution in [0, 0.1) is 0 Å². The molecule has 1 atom stereocenters. The molecule has 0 unspecified atom stereocenters. The molecule has 4 N–H and O–H groups in total. The Morgan fingerprint density at radius 1 is 1.39 bits per heavy atom. The van der Waals surface area contributed by atoms with Crippen molar-refractivity contribution in [3.8, 4) is 0 Å². The summed E-state index contributed by atoms with van der Waals surface area (Å²) >= 11 is 0. The number of aromatic nitrogens is 1. The number of pyridine rings is 1. The van der Waals surface area contributed by atoms with Gasteiger partial charge in [0.25, 0.3) is 10.0 Å². The lowest BCUT2D eigenvalue weighted by Gasteiger charge is -2.11. The van der Waals surface area contributed by atoms with Crippen molar-refractivity contribution < 1.29 is 23.4 Å². The molecule has 0 aliphatic heterocycles. The second-order valence-corrected chi connectivity index (χ2v) is 5.07. The van der Waals surface area contributed by atoms with Crippen LogP contribution in [0.3, 0.4) is 0 Å². The normalized spacial score (nSPS) is 12.9. The van der Waals surface area contributed by atoms with Crippen molar-refractivity contribution in [2.75, 3.05) is 13.1 Å². The molecule has 1 rings (SSSR count). The number of sulfonamides is 1. The summed E-state index contributed by atoms with van der Waals surface area (Å²) < 4.78 is 25.4. The van der Waals surface area contributed by atoms with Gasteiger partial charge in [-0.15, -0.1) is 0 Å². The summed E-state index contributed by atoms with van der Waals surface area (Å²) in [6.07, 6.45) is -1.11. The van der Waals surface area contributed by atoms with Crippen LogP contribution in [0.4, 0.5) is 4.79 Å². The molecule has 100 valence electrons. The number of aliphatic hydroxyl groups is 1. The minimum Gasteiger partial charge on any atom is -0.465 e. The van der Waals surface area contributed by atoms with Crippen LogP contribution in [0.25, 0.3) is 0 Å². The maximum absolute atomic E-state index is 11.7.